The Morgan fingerprint density at radius 2 is 1.86 bits per heavy atom. The first-order valence-electron chi connectivity index (χ1n) is 12.7. The molecular formula is C27H32F3N3O4. The van der Waals surface area contributed by atoms with E-state index in [4.69, 9.17) is 0 Å². The van der Waals surface area contributed by atoms with Crippen LogP contribution in [0.1, 0.15) is 61.3 Å². The van der Waals surface area contributed by atoms with Crippen LogP contribution in [0.15, 0.2) is 36.4 Å². The van der Waals surface area contributed by atoms with Crippen LogP contribution < -0.4 is 10.1 Å². The van der Waals surface area contributed by atoms with Crippen LogP contribution in [0.4, 0.5) is 19.0 Å². The van der Waals surface area contributed by atoms with Gasteiger partial charge in [0, 0.05) is 31.7 Å². The molecule has 1 amide bonds. The number of nitrogens with zero attached hydrogens (tertiary/aromatic N) is 2. The summed E-state index contributed by atoms with van der Waals surface area (Å²) in [6.45, 7) is 2.14. The molecule has 4 rings (SSSR count). The molecule has 37 heavy (non-hydrogen) atoms. The third-order valence-electron chi connectivity index (χ3n) is 7.14. The second-order valence-corrected chi connectivity index (χ2v) is 9.81. The van der Waals surface area contributed by atoms with Crippen molar-refractivity contribution in [1.29, 1.82) is 0 Å². The summed E-state index contributed by atoms with van der Waals surface area (Å²) in [6.07, 6.45) is 0.337. The van der Waals surface area contributed by atoms with Gasteiger partial charge in [0.15, 0.2) is 0 Å². The largest absolute Gasteiger partial charge is 0.573 e. The summed E-state index contributed by atoms with van der Waals surface area (Å²) in [4.78, 5) is 30.8. The van der Waals surface area contributed by atoms with Crippen LogP contribution in [0, 0.1) is 5.92 Å². The molecule has 0 bridgehead atoms. The molecular weight excluding hydrogens is 487 g/mol. The number of carbonyl (C=O) groups is 2. The zero-order chi connectivity index (χ0) is 26.4. The van der Waals surface area contributed by atoms with Crippen molar-refractivity contribution in [1.82, 2.24) is 9.88 Å². The molecule has 1 aromatic heterocycles. The number of likely N-dealkylation sites (tertiary alicyclic amines) is 1. The molecule has 2 aromatic rings. The van der Waals surface area contributed by atoms with Gasteiger partial charge in [-0.1, -0.05) is 18.2 Å². The van der Waals surface area contributed by atoms with Crippen LogP contribution >= 0.6 is 0 Å². The van der Waals surface area contributed by atoms with Crippen LogP contribution in [0.25, 0.3) is 0 Å². The van der Waals surface area contributed by atoms with E-state index in [0.717, 1.165) is 43.7 Å². The molecule has 7 nitrogen and oxygen atoms in total. The van der Waals surface area contributed by atoms with Gasteiger partial charge in [-0.2, -0.15) is 0 Å². The summed E-state index contributed by atoms with van der Waals surface area (Å²) in [7, 11) is 0. The number of carbonyl (C=O) groups excluding carboxylic acids is 1. The van der Waals surface area contributed by atoms with E-state index in [2.05, 4.69) is 21.1 Å². The number of carboxylic acid groups (broad SMARTS) is 1. The minimum Gasteiger partial charge on any atom is -0.481 e. The molecule has 0 radical (unpaired) electrons. The molecule has 1 saturated heterocycles. The quantitative estimate of drug-likeness (QED) is 0.476. The Kier molecular flexibility index (Phi) is 8.56. The molecule has 200 valence electrons. The number of hydrogen-bond acceptors (Lipinski definition) is 5. The third-order valence-corrected chi connectivity index (χ3v) is 7.14. The lowest BCUT2D eigenvalue weighted by Gasteiger charge is -2.33. The minimum absolute atomic E-state index is 0.0910. The molecule has 1 aromatic carbocycles. The highest BCUT2D eigenvalue weighted by Crippen LogP contribution is 2.34. The molecule has 1 atom stereocenters. The number of aliphatic carboxylic acids is 1. The maximum absolute atomic E-state index is 12.8. The van der Waals surface area contributed by atoms with Gasteiger partial charge >= 0.3 is 12.3 Å². The molecule has 2 aliphatic heterocycles. The van der Waals surface area contributed by atoms with E-state index in [1.807, 2.05) is 11.0 Å². The van der Waals surface area contributed by atoms with E-state index in [1.54, 1.807) is 0 Å². The number of rotatable bonds is 9. The molecule has 10 heteroatoms. The molecule has 2 aliphatic rings. The topological polar surface area (TPSA) is 91.8 Å². The number of piperidine rings is 1. The molecule has 0 spiro atoms. The van der Waals surface area contributed by atoms with E-state index < -0.39 is 12.3 Å². The third kappa shape index (κ3) is 7.84. The van der Waals surface area contributed by atoms with Crippen molar-refractivity contribution in [2.45, 2.75) is 63.6 Å². The fourth-order valence-electron chi connectivity index (χ4n) is 5.21. The van der Waals surface area contributed by atoms with Crippen molar-refractivity contribution in [2.24, 2.45) is 5.92 Å². The number of ether oxygens (including phenoxy) is 1. The maximum atomic E-state index is 12.8. The number of alkyl halides is 3. The molecule has 0 saturated carbocycles. The number of amides is 1. The SMILES string of the molecule is O=C(O)CC(CC1CCN(C(=O)CCc2ccc3c(n2)NCCC3)CC1)c1ccc(OC(F)(F)F)cc1. The normalized spacial score (nSPS) is 17.0. The minimum atomic E-state index is -4.78. The van der Waals surface area contributed by atoms with Gasteiger partial charge in [-0.15, -0.1) is 13.2 Å². The molecule has 3 heterocycles. The average molecular weight is 520 g/mol. The number of anilines is 1. The van der Waals surface area contributed by atoms with Crippen LogP contribution in [-0.4, -0.2) is 52.9 Å². The number of hydrogen-bond donors (Lipinski definition) is 2. The first kappa shape index (κ1) is 26.8. The summed E-state index contributed by atoms with van der Waals surface area (Å²) in [5, 5.41) is 12.7. The van der Waals surface area contributed by atoms with Gasteiger partial charge in [0.25, 0.3) is 0 Å². The van der Waals surface area contributed by atoms with Crippen LogP contribution in [0.2, 0.25) is 0 Å². The first-order valence-corrected chi connectivity index (χ1v) is 12.7. The molecule has 0 aliphatic carbocycles. The fourth-order valence-corrected chi connectivity index (χ4v) is 5.21. The van der Waals surface area contributed by atoms with Crippen molar-refractivity contribution >= 4 is 17.7 Å². The number of benzene rings is 1. The number of nitrogens with one attached hydrogen (secondary N) is 1. The van der Waals surface area contributed by atoms with Gasteiger partial charge in [-0.3, -0.25) is 9.59 Å². The van der Waals surface area contributed by atoms with Crippen molar-refractivity contribution < 1.29 is 32.6 Å². The molecule has 1 fully saturated rings. The highest BCUT2D eigenvalue weighted by molar-refractivity contribution is 5.76. The Balaban J connectivity index is 1.27. The second kappa shape index (κ2) is 11.8. The first-order chi connectivity index (χ1) is 17.7. The lowest BCUT2D eigenvalue weighted by atomic mass is 9.82. The van der Waals surface area contributed by atoms with Crippen molar-refractivity contribution in [3.05, 3.63) is 53.2 Å². The lowest BCUT2D eigenvalue weighted by Crippen LogP contribution is -2.39. The van der Waals surface area contributed by atoms with E-state index in [0.29, 0.717) is 37.9 Å². The Morgan fingerprint density at radius 3 is 2.54 bits per heavy atom. The maximum Gasteiger partial charge on any atom is 0.573 e. The van der Waals surface area contributed by atoms with Crippen LogP contribution in [0.3, 0.4) is 0 Å². The van der Waals surface area contributed by atoms with Crippen molar-refractivity contribution in [3.8, 4) is 5.75 Å². The summed E-state index contributed by atoms with van der Waals surface area (Å²) < 4.78 is 41.2. The van der Waals surface area contributed by atoms with Crippen LogP contribution in [0.5, 0.6) is 5.75 Å². The van der Waals surface area contributed by atoms with Gasteiger partial charge in [-0.05, 0) is 79.7 Å². The number of halogens is 3. The van der Waals surface area contributed by atoms with E-state index >= 15 is 0 Å². The van der Waals surface area contributed by atoms with E-state index in [-0.39, 0.29) is 29.9 Å². The predicted molar refractivity (Wildman–Crippen MR) is 131 cm³/mol. The van der Waals surface area contributed by atoms with Gasteiger partial charge < -0.3 is 20.1 Å². The van der Waals surface area contributed by atoms with Gasteiger partial charge in [0.05, 0.1) is 6.42 Å². The summed E-state index contributed by atoms with van der Waals surface area (Å²) in [5.41, 5.74) is 2.79. The zero-order valence-corrected chi connectivity index (χ0v) is 20.6. The summed E-state index contributed by atoms with van der Waals surface area (Å²) in [6, 6.07) is 9.51. The number of aryl methyl sites for hydroxylation is 2. The second-order valence-electron chi connectivity index (χ2n) is 9.81. The summed E-state index contributed by atoms with van der Waals surface area (Å²) in [5.74, 6) is -0.372. The van der Waals surface area contributed by atoms with Gasteiger partial charge in [0.2, 0.25) is 5.91 Å². The zero-order valence-electron chi connectivity index (χ0n) is 20.6. The van der Waals surface area contributed by atoms with E-state index in [1.165, 1.54) is 29.8 Å². The van der Waals surface area contributed by atoms with Crippen LogP contribution in [-0.2, 0) is 22.4 Å². The van der Waals surface area contributed by atoms with Gasteiger partial charge in [-0.25, -0.2) is 4.98 Å². The Morgan fingerprint density at radius 1 is 1.14 bits per heavy atom. The summed E-state index contributed by atoms with van der Waals surface area (Å²) >= 11 is 0. The molecule has 1 unspecified atom stereocenters. The van der Waals surface area contributed by atoms with Gasteiger partial charge in [0.1, 0.15) is 11.6 Å². The average Bonchev–Trinajstić information content (AvgIpc) is 2.86. The molecule has 2 N–H and O–H groups in total. The number of carboxylic acids is 1. The standard InChI is InChI=1S/C27H32F3N3O4/c28-27(29,30)37-23-8-4-19(5-9-23)21(17-25(35)36)16-18-11-14-33(15-12-18)24(34)10-7-22-6-3-20-2-1-13-31-26(20)32-22/h3-6,8-9,18,21H,1-2,7,10-17H2,(H,31,32)(H,35,36). The van der Waals surface area contributed by atoms with E-state index in [9.17, 15) is 27.9 Å². The smallest absolute Gasteiger partial charge is 0.481 e. The highest BCUT2D eigenvalue weighted by atomic mass is 19.4. The Bertz CT molecular complexity index is 1080. The van der Waals surface area contributed by atoms with Crippen molar-refractivity contribution in [2.75, 3.05) is 25.0 Å². The number of aromatic nitrogens is 1. The lowest BCUT2D eigenvalue weighted by molar-refractivity contribution is -0.274. The predicted octanol–water partition coefficient (Wildman–Crippen LogP) is 5.16. The monoisotopic (exact) mass is 519 g/mol. The highest BCUT2D eigenvalue weighted by Gasteiger charge is 2.31. The Labute approximate surface area is 214 Å². The number of pyridine rings is 1. The van der Waals surface area contributed by atoms with Crippen molar-refractivity contribution in [3.63, 3.8) is 0 Å². The number of fused-ring (bicyclic) bond motifs is 1. The fraction of sp³-hybridized carbons (Fsp3) is 0.519. The Hall–Kier alpha value is -3.30.